The summed E-state index contributed by atoms with van der Waals surface area (Å²) < 4.78 is 44.5. The summed E-state index contributed by atoms with van der Waals surface area (Å²) in [4.78, 5) is 10.7. The van der Waals surface area contributed by atoms with Crippen LogP contribution >= 0.6 is 0 Å². The van der Waals surface area contributed by atoms with Crippen LogP contribution in [0.25, 0.3) is 0 Å². The first-order valence-corrected chi connectivity index (χ1v) is 10.4. The van der Waals surface area contributed by atoms with Crippen molar-refractivity contribution in [2.45, 2.75) is 17.0 Å². The van der Waals surface area contributed by atoms with Crippen molar-refractivity contribution in [3.8, 4) is 11.5 Å². The Hall–Kier alpha value is -2.43. The van der Waals surface area contributed by atoms with Gasteiger partial charge in [-0.2, -0.15) is 4.31 Å². The Morgan fingerprint density at radius 1 is 1.14 bits per heavy atom. The van der Waals surface area contributed by atoms with Crippen molar-refractivity contribution in [2.24, 2.45) is 0 Å². The molecule has 0 radical (unpaired) electrons. The highest BCUT2D eigenvalue weighted by molar-refractivity contribution is 7.89. The summed E-state index contributed by atoms with van der Waals surface area (Å²) in [6.45, 7) is 1.65. The van der Waals surface area contributed by atoms with Crippen LogP contribution in [0.4, 0.5) is 5.95 Å². The Labute approximate surface area is 163 Å². The highest BCUT2D eigenvalue weighted by Gasteiger charge is 2.46. The molecule has 10 heteroatoms. The Bertz CT molecular complexity index is 940. The lowest BCUT2D eigenvalue weighted by Gasteiger charge is -2.36. The van der Waals surface area contributed by atoms with Crippen LogP contribution in [-0.4, -0.2) is 75.3 Å². The van der Waals surface area contributed by atoms with Crippen LogP contribution in [0, 0.1) is 0 Å². The summed E-state index contributed by atoms with van der Waals surface area (Å²) in [5.74, 6) is 1.31. The fourth-order valence-electron chi connectivity index (χ4n) is 3.66. The zero-order valence-electron chi connectivity index (χ0n) is 15.7. The third-order valence-corrected chi connectivity index (χ3v) is 6.92. The lowest BCUT2D eigenvalue weighted by molar-refractivity contribution is 0.0325. The minimum atomic E-state index is -3.80. The molecule has 4 rings (SSSR count). The quantitative estimate of drug-likeness (QED) is 0.719. The van der Waals surface area contributed by atoms with Gasteiger partial charge in [-0.15, -0.1) is 0 Å². The molecule has 3 heterocycles. The number of hydrogen-bond acceptors (Lipinski definition) is 8. The van der Waals surface area contributed by atoms with Crippen LogP contribution in [0.5, 0.6) is 11.5 Å². The van der Waals surface area contributed by atoms with Gasteiger partial charge >= 0.3 is 0 Å². The maximum absolute atomic E-state index is 13.4. The molecular formula is C18H22N4O5S. The minimum absolute atomic E-state index is 0.0792. The number of aromatic nitrogens is 2. The molecule has 0 saturated carbocycles. The minimum Gasteiger partial charge on any atom is -0.497 e. The van der Waals surface area contributed by atoms with Gasteiger partial charge in [0.15, 0.2) is 0 Å². The van der Waals surface area contributed by atoms with Crippen molar-refractivity contribution >= 4 is 16.0 Å². The molecule has 28 heavy (non-hydrogen) atoms. The van der Waals surface area contributed by atoms with Gasteiger partial charge < -0.3 is 19.1 Å². The number of anilines is 1. The van der Waals surface area contributed by atoms with E-state index >= 15 is 0 Å². The predicted octanol–water partition coefficient (Wildman–Crippen LogP) is 0.772. The number of fused-ring (bicyclic) bond motifs is 1. The number of rotatable bonds is 5. The molecule has 1 aromatic carbocycles. The van der Waals surface area contributed by atoms with E-state index in [-0.39, 0.29) is 35.9 Å². The second kappa shape index (κ2) is 7.53. The molecule has 150 valence electrons. The smallest absolute Gasteiger partial charge is 0.247 e. The molecule has 2 aliphatic rings. The van der Waals surface area contributed by atoms with Crippen molar-refractivity contribution in [1.29, 1.82) is 0 Å². The Morgan fingerprint density at radius 2 is 1.93 bits per heavy atom. The topological polar surface area (TPSA) is 94.1 Å². The zero-order valence-corrected chi connectivity index (χ0v) is 16.5. The van der Waals surface area contributed by atoms with Crippen LogP contribution in [0.2, 0.25) is 0 Å². The maximum Gasteiger partial charge on any atom is 0.247 e. The SMILES string of the molecule is COc1ccc(OC)c(S(=O)(=O)N2C[C@@H]3OCCN(c4ncccn4)[C@H]3C2)c1. The molecule has 2 saturated heterocycles. The number of methoxy groups -OCH3 is 2. The monoisotopic (exact) mass is 406 g/mol. The number of sulfonamides is 1. The van der Waals surface area contributed by atoms with E-state index in [1.807, 2.05) is 4.90 Å². The van der Waals surface area contributed by atoms with E-state index in [9.17, 15) is 8.42 Å². The van der Waals surface area contributed by atoms with Crippen LogP contribution in [0.1, 0.15) is 0 Å². The van der Waals surface area contributed by atoms with E-state index in [0.29, 0.717) is 24.8 Å². The normalized spacial score (nSPS) is 22.7. The van der Waals surface area contributed by atoms with Crippen molar-refractivity contribution in [3.05, 3.63) is 36.7 Å². The summed E-state index contributed by atoms with van der Waals surface area (Å²) in [5.41, 5.74) is 0. The van der Waals surface area contributed by atoms with E-state index in [4.69, 9.17) is 14.2 Å². The summed E-state index contributed by atoms with van der Waals surface area (Å²) in [7, 11) is -0.856. The van der Waals surface area contributed by atoms with Crippen molar-refractivity contribution in [3.63, 3.8) is 0 Å². The molecule has 2 atom stereocenters. The lowest BCUT2D eigenvalue weighted by atomic mass is 10.1. The maximum atomic E-state index is 13.4. The molecule has 2 fully saturated rings. The molecule has 0 unspecified atom stereocenters. The van der Waals surface area contributed by atoms with E-state index in [2.05, 4.69) is 9.97 Å². The number of ether oxygens (including phenoxy) is 3. The largest absolute Gasteiger partial charge is 0.497 e. The molecular weight excluding hydrogens is 384 g/mol. The highest BCUT2D eigenvalue weighted by atomic mass is 32.2. The molecule has 9 nitrogen and oxygen atoms in total. The summed E-state index contributed by atoms with van der Waals surface area (Å²) in [6.07, 6.45) is 3.11. The number of benzene rings is 1. The van der Waals surface area contributed by atoms with Gasteiger partial charge in [0.1, 0.15) is 16.4 Å². The van der Waals surface area contributed by atoms with Crippen LogP contribution < -0.4 is 14.4 Å². The molecule has 2 aromatic rings. The fourth-order valence-corrected chi connectivity index (χ4v) is 5.30. The molecule has 0 amide bonds. The van der Waals surface area contributed by atoms with Crippen LogP contribution in [-0.2, 0) is 14.8 Å². The van der Waals surface area contributed by atoms with Gasteiger partial charge in [0.2, 0.25) is 16.0 Å². The van der Waals surface area contributed by atoms with E-state index in [1.54, 1.807) is 30.6 Å². The van der Waals surface area contributed by atoms with Gasteiger partial charge in [0.25, 0.3) is 0 Å². The van der Waals surface area contributed by atoms with Gasteiger partial charge in [0, 0.05) is 38.1 Å². The summed E-state index contributed by atoms with van der Waals surface area (Å²) in [5, 5.41) is 0. The van der Waals surface area contributed by atoms with Gasteiger partial charge in [-0.25, -0.2) is 18.4 Å². The third kappa shape index (κ3) is 3.27. The Balaban J connectivity index is 1.64. The van der Waals surface area contributed by atoms with E-state index in [1.165, 1.54) is 24.6 Å². The second-order valence-corrected chi connectivity index (χ2v) is 8.46. The molecule has 2 aliphatic heterocycles. The van der Waals surface area contributed by atoms with Crippen LogP contribution in [0.15, 0.2) is 41.6 Å². The Morgan fingerprint density at radius 3 is 2.64 bits per heavy atom. The summed E-state index contributed by atoms with van der Waals surface area (Å²) >= 11 is 0. The first kappa shape index (κ1) is 18.9. The predicted molar refractivity (Wildman–Crippen MR) is 101 cm³/mol. The first-order chi connectivity index (χ1) is 13.5. The number of hydrogen-bond donors (Lipinski definition) is 0. The third-order valence-electron chi connectivity index (χ3n) is 5.07. The average molecular weight is 406 g/mol. The first-order valence-electron chi connectivity index (χ1n) is 8.92. The van der Waals surface area contributed by atoms with E-state index in [0.717, 1.165) is 0 Å². The van der Waals surface area contributed by atoms with Gasteiger partial charge in [0.05, 0.1) is 33.0 Å². The zero-order chi connectivity index (χ0) is 19.7. The Kier molecular flexibility index (Phi) is 5.09. The van der Waals surface area contributed by atoms with Gasteiger partial charge in [-0.05, 0) is 18.2 Å². The average Bonchev–Trinajstić information content (AvgIpc) is 3.19. The molecule has 1 aromatic heterocycles. The molecule has 0 aliphatic carbocycles. The number of nitrogens with zero attached hydrogens (tertiary/aromatic N) is 4. The fraction of sp³-hybridized carbons (Fsp3) is 0.444. The second-order valence-electron chi connectivity index (χ2n) is 6.56. The summed E-state index contributed by atoms with van der Waals surface area (Å²) in [6, 6.07) is 6.34. The van der Waals surface area contributed by atoms with Crippen LogP contribution in [0.3, 0.4) is 0 Å². The van der Waals surface area contributed by atoms with Gasteiger partial charge in [-0.3, -0.25) is 0 Å². The van der Waals surface area contributed by atoms with E-state index < -0.39 is 10.0 Å². The highest BCUT2D eigenvalue weighted by Crippen LogP contribution is 2.34. The van der Waals surface area contributed by atoms with Crippen molar-refractivity contribution in [2.75, 3.05) is 45.4 Å². The number of morpholine rings is 1. The molecule has 0 bridgehead atoms. The molecule has 0 spiro atoms. The van der Waals surface area contributed by atoms with Crippen molar-refractivity contribution in [1.82, 2.24) is 14.3 Å². The lowest BCUT2D eigenvalue weighted by Crippen LogP contribution is -2.51. The van der Waals surface area contributed by atoms with Crippen molar-refractivity contribution < 1.29 is 22.6 Å². The molecule has 0 N–H and O–H groups in total. The standard InChI is InChI=1S/C18H22N4O5S/c1-25-13-4-5-15(26-2)17(10-13)28(23,24)21-11-14-16(12-21)27-9-8-22(14)18-19-6-3-7-20-18/h3-7,10,14,16H,8-9,11-12H2,1-2H3/t14-,16-/m0/s1. The van der Waals surface area contributed by atoms with Gasteiger partial charge in [-0.1, -0.05) is 0 Å².